The number of aromatic nitrogens is 1. The first-order valence-electron chi connectivity index (χ1n) is 5.16. The van der Waals surface area contributed by atoms with Crippen LogP contribution in [-0.2, 0) is 6.42 Å². The van der Waals surface area contributed by atoms with Crippen molar-refractivity contribution in [3.8, 4) is 5.75 Å². The van der Waals surface area contributed by atoms with Crippen molar-refractivity contribution in [3.05, 3.63) is 29.5 Å². The number of aromatic amines is 1. The second kappa shape index (κ2) is 3.00. The second-order valence-corrected chi connectivity index (χ2v) is 3.98. The summed E-state index contributed by atoms with van der Waals surface area (Å²) in [5.74, 6) is 0.844. The van der Waals surface area contributed by atoms with Gasteiger partial charge in [-0.05, 0) is 30.5 Å². The summed E-state index contributed by atoms with van der Waals surface area (Å²) in [6.07, 6.45) is 1.48. The average Bonchev–Trinajstić information content (AvgIpc) is 2.78. The summed E-state index contributed by atoms with van der Waals surface area (Å²) in [4.78, 5) is 3.27. The Morgan fingerprint density at radius 3 is 3.13 bits per heavy atom. The minimum atomic E-state index is -0.321. The highest BCUT2D eigenvalue weighted by Gasteiger charge is 2.24. The van der Waals surface area contributed by atoms with Gasteiger partial charge < -0.3 is 14.8 Å². The van der Waals surface area contributed by atoms with E-state index in [9.17, 15) is 5.11 Å². The maximum absolute atomic E-state index is 9.75. The minimum absolute atomic E-state index is 0.321. The van der Waals surface area contributed by atoms with Crippen molar-refractivity contribution in [1.29, 1.82) is 0 Å². The largest absolute Gasteiger partial charge is 0.497 e. The fourth-order valence-corrected chi connectivity index (χ4v) is 2.36. The quantitative estimate of drug-likeness (QED) is 0.746. The summed E-state index contributed by atoms with van der Waals surface area (Å²) < 4.78 is 5.17. The van der Waals surface area contributed by atoms with Gasteiger partial charge in [-0.2, -0.15) is 0 Å². The molecule has 0 amide bonds. The van der Waals surface area contributed by atoms with Crippen LogP contribution in [0.2, 0.25) is 0 Å². The molecule has 0 radical (unpaired) electrons. The lowest BCUT2D eigenvalue weighted by atomic mass is 10.1. The number of ether oxygens (including phenoxy) is 1. The molecule has 3 nitrogen and oxygen atoms in total. The molecule has 1 atom stereocenters. The maximum Gasteiger partial charge on any atom is 0.120 e. The van der Waals surface area contributed by atoms with E-state index in [0.29, 0.717) is 0 Å². The van der Waals surface area contributed by atoms with Crippen LogP contribution < -0.4 is 4.74 Å². The van der Waals surface area contributed by atoms with E-state index in [4.69, 9.17) is 4.74 Å². The number of fused-ring (bicyclic) bond motifs is 3. The lowest BCUT2D eigenvalue weighted by Gasteiger charge is -2.00. The van der Waals surface area contributed by atoms with Crippen LogP contribution in [0.5, 0.6) is 5.75 Å². The highest BCUT2D eigenvalue weighted by Crippen LogP contribution is 2.36. The Balaban J connectivity index is 2.25. The number of aliphatic hydroxyl groups is 1. The number of aryl methyl sites for hydroxylation is 1. The van der Waals surface area contributed by atoms with Crippen LogP contribution in [0.4, 0.5) is 0 Å². The van der Waals surface area contributed by atoms with E-state index in [0.717, 1.165) is 29.8 Å². The first-order valence-corrected chi connectivity index (χ1v) is 5.16. The Kier molecular flexibility index (Phi) is 1.76. The smallest absolute Gasteiger partial charge is 0.120 e. The zero-order valence-corrected chi connectivity index (χ0v) is 8.58. The number of H-pyrrole nitrogens is 1. The number of hydrogen-bond acceptors (Lipinski definition) is 2. The van der Waals surface area contributed by atoms with Crippen LogP contribution in [0.15, 0.2) is 18.2 Å². The molecule has 0 saturated carbocycles. The summed E-state index contributed by atoms with van der Waals surface area (Å²) in [6.45, 7) is 0. The fourth-order valence-electron chi connectivity index (χ4n) is 2.36. The van der Waals surface area contributed by atoms with Crippen LogP contribution in [0.1, 0.15) is 23.8 Å². The molecule has 78 valence electrons. The van der Waals surface area contributed by atoms with Gasteiger partial charge >= 0.3 is 0 Å². The molecular formula is C12H13NO2. The topological polar surface area (TPSA) is 45.2 Å². The fraction of sp³-hybridized carbons (Fsp3) is 0.333. The van der Waals surface area contributed by atoms with E-state index in [1.807, 2.05) is 12.1 Å². The molecule has 0 saturated heterocycles. The molecular weight excluding hydrogens is 190 g/mol. The van der Waals surface area contributed by atoms with Gasteiger partial charge in [0.15, 0.2) is 0 Å². The van der Waals surface area contributed by atoms with Crippen LogP contribution in [0.25, 0.3) is 10.9 Å². The first kappa shape index (κ1) is 8.80. The van der Waals surface area contributed by atoms with Gasteiger partial charge in [-0.25, -0.2) is 0 Å². The molecule has 2 aromatic rings. The van der Waals surface area contributed by atoms with Gasteiger partial charge in [0.2, 0.25) is 0 Å². The van der Waals surface area contributed by atoms with Crippen molar-refractivity contribution >= 4 is 10.9 Å². The van der Waals surface area contributed by atoms with Gasteiger partial charge in [-0.15, -0.1) is 0 Å². The van der Waals surface area contributed by atoms with E-state index in [-0.39, 0.29) is 6.10 Å². The Morgan fingerprint density at radius 1 is 1.47 bits per heavy atom. The van der Waals surface area contributed by atoms with Gasteiger partial charge in [0.25, 0.3) is 0 Å². The zero-order valence-electron chi connectivity index (χ0n) is 8.58. The number of methoxy groups -OCH3 is 1. The van der Waals surface area contributed by atoms with E-state index in [2.05, 4.69) is 11.1 Å². The molecule has 0 spiro atoms. The van der Waals surface area contributed by atoms with Gasteiger partial charge in [-0.3, -0.25) is 0 Å². The van der Waals surface area contributed by atoms with Crippen molar-refractivity contribution in [3.63, 3.8) is 0 Å². The molecule has 1 aliphatic rings. The molecule has 0 fully saturated rings. The molecule has 1 aromatic carbocycles. The molecule has 1 aromatic heterocycles. The van der Waals surface area contributed by atoms with Crippen LogP contribution in [0.3, 0.4) is 0 Å². The van der Waals surface area contributed by atoms with Crippen LogP contribution in [0, 0.1) is 0 Å². The molecule has 15 heavy (non-hydrogen) atoms. The zero-order chi connectivity index (χ0) is 10.4. The van der Waals surface area contributed by atoms with Crippen molar-refractivity contribution in [2.45, 2.75) is 18.9 Å². The highest BCUT2D eigenvalue weighted by atomic mass is 16.5. The summed E-state index contributed by atoms with van der Waals surface area (Å²) in [6, 6.07) is 5.99. The van der Waals surface area contributed by atoms with E-state index in [1.165, 1.54) is 10.9 Å². The number of aliphatic hydroxyl groups excluding tert-OH is 1. The summed E-state index contributed by atoms with van der Waals surface area (Å²) in [5.41, 5.74) is 3.30. The average molecular weight is 203 g/mol. The normalized spacial score (nSPS) is 19.5. The van der Waals surface area contributed by atoms with Gasteiger partial charge in [0, 0.05) is 22.7 Å². The number of benzene rings is 1. The number of hydrogen-bond donors (Lipinski definition) is 2. The van der Waals surface area contributed by atoms with Gasteiger partial charge in [0.05, 0.1) is 13.2 Å². The molecule has 2 N–H and O–H groups in total. The number of nitrogens with one attached hydrogen (secondary N) is 1. The van der Waals surface area contributed by atoms with Crippen molar-refractivity contribution < 1.29 is 9.84 Å². The molecule has 1 unspecified atom stereocenters. The van der Waals surface area contributed by atoms with Gasteiger partial charge in [-0.1, -0.05) is 0 Å². The molecule has 1 heterocycles. The third kappa shape index (κ3) is 1.16. The third-order valence-electron chi connectivity index (χ3n) is 3.15. The van der Waals surface area contributed by atoms with Crippen molar-refractivity contribution in [2.75, 3.05) is 7.11 Å². The lowest BCUT2D eigenvalue weighted by Crippen LogP contribution is -1.90. The van der Waals surface area contributed by atoms with Gasteiger partial charge in [0.1, 0.15) is 5.75 Å². The van der Waals surface area contributed by atoms with Crippen LogP contribution in [-0.4, -0.2) is 17.2 Å². The SMILES string of the molecule is COc1ccc2c3c([nH]c2c1)C(O)CC3. The third-order valence-corrected chi connectivity index (χ3v) is 3.15. The predicted octanol–water partition coefficient (Wildman–Crippen LogP) is 2.16. The Hall–Kier alpha value is -1.48. The molecule has 3 heteroatoms. The van der Waals surface area contributed by atoms with Crippen molar-refractivity contribution in [1.82, 2.24) is 4.98 Å². The van der Waals surface area contributed by atoms with Crippen LogP contribution >= 0.6 is 0 Å². The van der Waals surface area contributed by atoms with Crippen molar-refractivity contribution in [2.24, 2.45) is 0 Å². The monoisotopic (exact) mass is 203 g/mol. The van der Waals surface area contributed by atoms with E-state index < -0.39 is 0 Å². The standard InChI is InChI=1S/C12H13NO2/c1-15-7-2-3-8-9-4-5-11(14)12(9)13-10(8)6-7/h2-3,6,11,13-14H,4-5H2,1H3. The lowest BCUT2D eigenvalue weighted by molar-refractivity contribution is 0.176. The predicted molar refractivity (Wildman–Crippen MR) is 58.1 cm³/mol. The highest BCUT2D eigenvalue weighted by molar-refractivity contribution is 5.86. The maximum atomic E-state index is 9.75. The van der Waals surface area contributed by atoms with E-state index >= 15 is 0 Å². The number of rotatable bonds is 1. The molecule has 3 rings (SSSR count). The first-order chi connectivity index (χ1) is 7.29. The summed E-state index contributed by atoms with van der Waals surface area (Å²) in [7, 11) is 1.66. The molecule has 0 aliphatic heterocycles. The Labute approximate surface area is 87.7 Å². The van der Waals surface area contributed by atoms with E-state index in [1.54, 1.807) is 7.11 Å². The summed E-state index contributed by atoms with van der Waals surface area (Å²) >= 11 is 0. The minimum Gasteiger partial charge on any atom is -0.497 e. The summed E-state index contributed by atoms with van der Waals surface area (Å²) in [5, 5.41) is 11.0. The Bertz CT molecular complexity index is 516. The molecule has 1 aliphatic carbocycles. The Morgan fingerprint density at radius 2 is 2.33 bits per heavy atom. The second-order valence-electron chi connectivity index (χ2n) is 3.98. The molecule has 0 bridgehead atoms.